The summed E-state index contributed by atoms with van der Waals surface area (Å²) >= 11 is 3.17. The van der Waals surface area contributed by atoms with E-state index < -0.39 is 40.6 Å². The summed E-state index contributed by atoms with van der Waals surface area (Å²) in [5.74, 6) is -2.30. The van der Waals surface area contributed by atoms with Crippen LogP contribution in [0.4, 0.5) is 10.5 Å². The molecule has 0 aliphatic carbocycles. The van der Waals surface area contributed by atoms with Gasteiger partial charge in [0.2, 0.25) is 11.5 Å². The summed E-state index contributed by atoms with van der Waals surface area (Å²) in [7, 11) is 2.33. The third-order valence-corrected chi connectivity index (χ3v) is 5.30. The van der Waals surface area contributed by atoms with Gasteiger partial charge in [0.25, 0.3) is 5.91 Å². The Bertz CT molecular complexity index is 1250. The largest absolute Gasteiger partial charge is 0.471 e. The standard InChI is InChI=1S/C21H18BrN3O10/c1-10(19(27)32-2)34-17-13(22)6-11(8-15(17)25(30)31)7-14-18(26)24(21(29)23-14)9-12-4-5-16(35-12)20(28)33-3/h4-8,10H,9H2,1-3H3,(H,23,29)/b14-7-/t10-/m1/s1. The number of urea groups is 1. The fourth-order valence-electron chi connectivity index (χ4n) is 3.04. The first kappa shape index (κ1) is 25.4. The number of carbonyl (C=O) groups is 4. The van der Waals surface area contributed by atoms with Crippen LogP contribution in [-0.4, -0.2) is 54.0 Å². The maximum absolute atomic E-state index is 12.8. The highest BCUT2D eigenvalue weighted by atomic mass is 79.9. The molecule has 0 unspecified atom stereocenters. The number of hydrogen-bond donors (Lipinski definition) is 1. The van der Waals surface area contributed by atoms with Crippen LogP contribution in [0.5, 0.6) is 5.75 Å². The zero-order chi connectivity index (χ0) is 25.9. The van der Waals surface area contributed by atoms with Crippen molar-refractivity contribution in [2.45, 2.75) is 19.6 Å². The highest BCUT2D eigenvalue weighted by Crippen LogP contribution is 2.38. The second kappa shape index (κ2) is 10.4. The van der Waals surface area contributed by atoms with Crippen molar-refractivity contribution >= 4 is 51.6 Å². The van der Waals surface area contributed by atoms with Gasteiger partial charge in [0, 0.05) is 6.07 Å². The zero-order valence-electron chi connectivity index (χ0n) is 18.5. The summed E-state index contributed by atoms with van der Waals surface area (Å²) in [6.45, 7) is 1.10. The van der Waals surface area contributed by atoms with Crippen molar-refractivity contribution in [1.29, 1.82) is 0 Å². The zero-order valence-corrected chi connectivity index (χ0v) is 20.1. The molecule has 1 N–H and O–H groups in total. The normalized spacial score (nSPS) is 15.1. The van der Waals surface area contributed by atoms with Crippen molar-refractivity contribution in [3.8, 4) is 5.75 Å². The minimum absolute atomic E-state index is 0.0914. The number of nitrogens with one attached hydrogen (secondary N) is 1. The number of imide groups is 1. The second-order valence-corrected chi connectivity index (χ2v) is 7.88. The van der Waals surface area contributed by atoms with Gasteiger partial charge in [0.05, 0.1) is 30.2 Å². The summed E-state index contributed by atoms with van der Waals surface area (Å²) in [4.78, 5) is 60.0. The lowest BCUT2D eigenvalue weighted by atomic mass is 10.1. The number of esters is 2. The van der Waals surface area contributed by atoms with Crippen LogP contribution in [0.25, 0.3) is 6.08 Å². The first-order chi connectivity index (χ1) is 16.5. The Balaban J connectivity index is 1.86. The Morgan fingerprint density at radius 3 is 2.60 bits per heavy atom. The molecule has 184 valence electrons. The summed E-state index contributed by atoms with van der Waals surface area (Å²) < 4.78 is 19.9. The minimum Gasteiger partial charge on any atom is -0.471 e. The third-order valence-electron chi connectivity index (χ3n) is 4.71. The number of nitrogens with zero attached hydrogens (tertiary/aromatic N) is 2. The van der Waals surface area contributed by atoms with Gasteiger partial charge in [-0.3, -0.25) is 19.8 Å². The van der Waals surface area contributed by atoms with E-state index in [1.54, 1.807) is 0 Å². The second-order valence-electron chi connectivity index (χ2n) is 7.03. The molecular formula is C21H18BrN3O10. The monoisotopic (exact) mass is 551 g/mol. The van der Waals surface area contributed by atoms with E-state index in [9.17, 15) is 29.3 Å². The van der Waals surface area contributed by atoms with Crippen LogP contribution in [-0.2, 0) is 25.6 Å². The minimum atomic E-state index is -1.12. The molecule has 1 saturated heterocycles. The molecule has 3 amide bonds. The van der Waals surface area contributed by atoms with Crippen LogP contribution < -0.4 is 10.1 Å². The fourth-order valence-corrected chi connectivity index (χ4v) is 3.60. The summed E-state index contributed by atoms with van der Waals surface area (Å²) in [5, 5.41) is 14.0. The number of ether oxygens (including phenoxy) is 3. The lowest BCUT2D eigenvalue weighted by molar-refractivity contribution is -0.386. The topological polar surface area (TPSA) is 168 Å². The van der Waals surface area contributed by atoms with E-state index in [4.69, 9.17) is 9.15 Å². The van der Waals surface area contributed by atoms with Gasteiger partial charge in [-0.05, 0) is 52.7 Å². The van der Waals surface area contributed by atoms with Crippen molar-refractivity contribution in [3.63, 3.8) is 0 Å². The number of methoxy groups -OCH3 is 2. The van der Waals surface area contributed by atoms with E-state index >= 15 is 0 Å². The summed E-state index contributed by atoms with van der Waals surface area (Å²) in [5.41, 5.74) is -0.438. The van der Waals surface area contributed by atoms with Gasteiger partial charge in [-0.2, -0.15) is 0 Å². The predicted molar refractivity (Wildman–Crippen MR) is 120 cm³/mol. The average Bonchev–Trinajstić information content (AvgIpc) is 3.39. The van der Waals surface area contributed by atoms with E-state index in [2.05, 4.69) is 30.7 Å². The Morgan fingerprint density at radius 2 is 1.97 bits per heavy atom. The van der Waals surface area contributed by atoms with Gasteiger partial charge in [-0.15, -0.1) is 0 Å². The van der Waals surface area contributed by atoms with Crippen LogP contribution in [0.1, 0.15) is 28.8 Å². The van der Waals surface area contributed by atoms with E-state index in [0.717, 1.165) is 18.1 Å². The van der Waals surface area contributed by atoms with Gasteiger partial charge < -0.3 is 23.9 Å². The number of halogens is 1. The van der Waals surface area contributed by atoms with Gasteiger partial charge in [-0.1, -0.05) is 0 Å². The molecule has 35 heavy (non-hydrogen) atoms. The van der Waals surface area contributed by atoms with E-state index in [-0.39, 0.29) is 39.5 Å². The number of amides is 3. The summed E-state index contributed by atoms with van der Waals surface area (Å²) in [6.07, 6.45) is 0.123. The maximum atomic E-state index is 12.8. The Morgan fingerprint density at radius 1 is 1.26 bits per heavy atom. The fraction of sp³-hybridized carbons (Fsp3) is 0.238. The average molecular weight is 552 g/mol. The molecule has 1 atom stereocenters. The Hall–Kier alpha value is -4.20. The molecule has 0 spiro atoms. The number of benzene rings is 1. The van der Waals surface area contributed by atoms with E-state index in [1.807, 2.05) is 0 Å². The molecule has 0 bridgehead atoms. The number of nitro benzene ring substituents is 1. The van der Waals surface area contributed by atoms with Gasteiger partial charge in [0.1, 0.15) is 11.5 Å². The first-order valence-corrected chi connectivity index (χ1v) is 10.6. The van der Waals surface area contributed by atoms with Crippen molar-refractivity contribution in [2.75, 3.05) is 14.2 Å². The molecule has 0 saturated carbocycles. The molecule has 2 aromatic rings. The van der Waals surface area contributed by atoms with Crippen LogP contribution in [0, 0.1) is 10.1 Å². The predicted octanol–water partition coefficient (Wildman–Crippen LogP) is 2.77. The first-order valence-electron chi connectivity index (χ1n) is 9.79. The molecule has 1 aliphatic heterocycles. The quantitative estimate of drug-likeness (QED) is 0.169. The molecule has 2 heterocycles. The number of nitro groups is 1. The molecule has 1 fully saturated rings. The van der Waals surface area contributed by atoms with Crippen molar-refractivity contribution in [3.05, 3.63) is 61.6 Å². The lowest BCUT2D eigenvalue weighted by Crippen LogP contribution is -2.30. The van der Waals surface area contributed by atoms with Crippen molar-refractivity contribution in [2.24, 2.45) is 0 Å². The maximum Gasteiger partial charge on any atom is 0.373 e. The molecule has 1 aliphatic rings. The van der Waals surface area contributed by atoms with Crippen molar-refractivity contribution in [1.82, 2.24) is 10.2 Å². The third kappa shape index (κ3) is 5.48. The molecular weight excluding hydrogens is 534 g/mol. The Labute approximate surface area is 205 Å². The van der Waals surface area contributed by atoms with Crippen LogP contribution in [0.2, 0.25) is 0 Å². The summed E-state index contributed by atoms with van der Waals surface area (Å²) in [6, 6.07) is 4.55. The molecule has 13 nitrogen and oxygen atoms in total. The van der Waals surface area contributed by atoms with Crippen LogP contribution >= 0.6 is 15.9 Å². The van der Waals surface area contributed by atoms with Crippen molar-refractivity contribution < 1.29 is 42.7 Å². The van der Waals surface area contributed by atoms with E-state index in [1.165, 1.54) is 38.3 Å². The van der Waals surface area contributed by atoms with Crippen LogP contribution in [0.3, 0.4) is 0 Å². The highest BCUT2D eigenvalue weighted by molar-refractivity contribution is 9.10. The number of carbonyl (C=O) groups excluding carboxylic acids is 4. The molecule has 1 aromatic carbocycles. The molecule has 14 heteroatoms. The molecule has 0 radical (unpaired) electrons. The Kier molecular flexibility index (Phi) is 7.54. The van der Waals surface area contributed by atoms with Gasteiger partial charge in [0.15, 0.2) is 6.10 Å². The molecule has 1 aromatic heterocycles. The van der Waals surface area contributed by atoms with Crippen LogP contribution in [0.15, 0.2) is 38.9 Å². The number of furan rings is 1. The van der Waals surface area contributed by atoms with E-state index in [0.29, 0.717) is 0 Å². The lowest BCUT2D eigenvalue weighted by Gasteiger charge is -2.14. The van der Waals surface area contributed by atoms with Gasteiger partial charge >= 0.3 is 23.7 Å². The number of hydrogen-bond acceptors (Lipinski definition) is 10. The smallest absolute Gasteiger partial charge is 0.373 e. The molecule has 3 rings (SSSR count). The number of rotatable bonds is 8. The SMILES string of the molecule is COC(=O)c1ccc(CN2C(=O)N/C(=C\c3cc(Br)c(O[C@H](C)C(=O)OC)c([N+](=O)[O-])c3)C2=O)o1. The highest BCUT2D eigenvalue weighted by Gasteiger charge is 2.35. The van der Waals surface area contributed by atoms with Gasteiger partial charge in [-0.25, -0.2) is 14.4 Å².